The predicted molar refractivity (Wildman–Crippen MR) is 94.8 cm³/mol. The Balaban J connectivity index is 1.66. The number of thiol groups is 1. The molecule has 3 aromatic heterocycles. The van der Waals surface area contributed by atoms with Crippen molar-refractivity contribution in [2.45, 2.75) is 24.5 Å². The van der Waals surface area contributed by atoms with E-state index in [2.05, 4.69) is 27.2 Å². The lowest BCUT2D eigenvalue weighted by atomic mass is 10.1. The number of aromatic nitrogens is 4. The topological polar surface area (TPSA) is 148 Å². The van der Waals surface area contributed by atoms with Crippen LogP contribution in [0.1, 0.15) is 6.23 Å². The van der Waals surface area contributed by atoms with E-state index in [-0.39, 0.29) is 12.4 Å². The van der Waals surface area contributed by atoms with Gasteiger partial charge in [0.15, 0.2) is 34.8 Å². The molecule has 13 heteroatoms. The second-order valence-corrected chi connectivity index (χ2v) is 8.98. The Labute approximate surface area is 157 Å². The van der Waals surface area contributed by atoms with E-state index in [0.717, 1.165) is 0 Å². The first-order valence-corrected chi connectivity index (χ1v) is 10.7. The molecule has 5 atom stereocenters. The van der Waals surface area contributed by atoms with Crippen LogP contribution in [-0.4, -0.2) is 49.5 Å². The number of imidazole rings is 1. The fourth-order valence-corrected chi connectivity index (χ4v) is 4.79. The smallest absolute Gasteiger partial charge is 0.386 e. The van der Waals surface area contributed by atoms with E-state index in [1.165, 1.54) is 12.6 Å². The molecule has 0 spiro atoms. The average Bonchev–Trinajstić information content (AvgIpc) is 3.33. The summed E-state index contributed by atoms with van der Waals surface area (Å²) in [6, 6.07) is 3.41. The van der Waals surface area contributed by atoms with E-state index in [1.54, 1.807) is 16.7 Å². The van der Waals surface area contributed by atoms with E-state index in [9.17, 15) is 9.67 Å². The van der Waals surface area contributed by atoms with Crippen LogP contribution >= 0.6 is 19.0 Å². The number of nitrogens with two attached hydrogens (primary N) is 1. The number of anilines is 1. The van der Waals surface area contributed by atoms with Crippen LogP contribution < -0.4 is 5.73 Å². The van der Waals surface area contributed by atoms with Gasteiger partial charge in [-0.25, -0.2) is 19.5 Å². The lowest BCUT2D eigenvalue weighted by Gasteiger charge is -2.28. The van der Waals surface area contributed by atoms with Gasteiger partial charge < -0.3 is 20.0 Å². The standard InChI is InChI=1S/C14H14N5O6PS/c15-11-8-13(17-5-16-11)19(12(18-8)6-2-1-3-22-6)14-9(20)10-7(24-14)4-23-26(21,27)25-10/h1-3,5,7,9-10,14,20H,4H2,(H,21,27)(H2,15,16,17)/t7?,9-,10?,14+,26+/m0/s1. The molecule has 2 fully saturated rings. The molecule has 2 aliphatic heterocycles. The molecule has 2 aliphatic rings. The van der Waals surface area contributed by atoms with Crippen molar-refractivity contribution in [3.05, 3.63) is 24.7 Å². The summed E-state index contributed by atoms with van der Waals surface area (Å²) in [5.41, 5.74) is 6.62. The van der Waals surface area contributed by atoms with E-state index < -0.39 is 31.3 Å². The summed E-state index contributed by atoms with van der Waals surface area (Å²) in [6.45, 7) is -3.58. The van der Waals surface area contributed by atoms with E-state index in [0.29, 0.717) is 22.7 Å². The van der Waals surface area contributed by atoms with Gasteiger partial charge in [0.25, 0.3) is 0 Å². The number of ether oxygens (including phenoxy) is 1. The molecule has 0 bridgehead atoms. The highest BCUT2D eigenvalue weighted by Crippen LogP contribution is 2.59. The minimum absolute atomic E-state index is 0.0289. The third-order valence-corrected chi connectivity index (χ3v) is 6.08. The van der Waals surface area contributed by atoms with Gasteiger partial charge >= 0.3 is 6.80 Å². The van der Waals surface area contributed by atoms with Crippen LogP contribution in [0.25, 0.3) is 22.7 Å². The van der Waals surface area contributed by atoms with Gasteiger partial charge in [0.05, 0.1) is 12.9 Å². The zero-order chi connectivity index (χ0) is 18.8. The number of hydrogen-bond acceptors (Lipinski definition) is 10. The van der Waals surface area contributed by atoms with E-state index in [4.69, 9.17) is 23.9 Å². The van der Waals surface area contributed by atoms with Gasteiger partial charge in [0.1, 0.15) is 24.6 Å². The van der Waals surface area contributed by atoms with Crippen molar-refractivity contribution in [1.82, 2.24) is 19.5 Å². The van der Waals surface area contributed by atoms with Crippen LogP contribution in [0.3, 0.4) is 0 Å². The van der Waals surface area contributed by atoms with Gasteiger partial charge in [0.2, 0.25) is 0 Å². The first-order valence-electron chi connectivity index (χ1n) is 7.96. The highest BCUT2D eigenvalue weighted by Gasteiger charge is 2.52. The summed E-state index contributed by atoms with van der Waals surface area (Å²) < 4.78 is 35.3. The zero-order valence-electron chi connectivity index (χ0n) is 13.6. The lowest BCUT2D eigenvalue weighted by molar-refractivity contribution is -0.0556. The highest BCUT2D eigenvalue weighted by molar-refractivity contribution is 8.44. The van der Waals surface area contributed by atoms with Crippen molar-refractivity contribution in [1.29, 1.82) is 0 Å². The Kier molecular flexibility index (Phi) is 3.83. The molecule has 5 heterocycles. The third kappa shape index (κ3) is 2.68. The summed E-state index contributed by atoms with van der Waals surface area (Å²) >= 11 is 3.86. The first-order chi connectivity index (χ1) is 12.9. The molecule has 0 aliphatic carbocycles. The summed E-state index contributed by atoms with van der Waals surface area (Å²) in [4.78, 5) is 12.6. The van der Waals surface area contributed by atoms with Crippen LogP contribution in [0.4, 0.5) is 5.82 Å². The molecule has 2 saturated heterocycles. The largest absolute Gasteiger partial charge is 0.461 e. The fourth-order valence-electron chi connectivity index (χ4n) is 3.30. The van der Waals surface area contributed by atoms with Crippen molar-refractivity contribution in [3.8, 4) is 11.6 Å². The SMILES string of the molecule is Nc1ncnc2c1nc(-c1ccco1)n2[C@@H]1OC2CO[P@@](=O)(S)OC2[C@@H]1O. The molecule has 142 valence electrons. The number of rotatable bonds is 2. The van der Waals surface area contributed by atoms with Crippen molar-refractivity contribution >= 4 is 36.0 Å². The molecule has 3 aromatic rings. The quantitative estimate of drug-likeness (QED) is 0.417. The van der Waals surface area contributed by atoms with Gasteiger partial charge in [-0.1, -0.05) is 12.2 Å². The number of hydrogen-bond donors (Lipinski definition) is 3. The maximum absolute atomic E-state index is 12.0. The average molecular weight is 411 g/mol. The van der Waals surface area contributed by atoms with Crippen LogP contribution in [0.15, 0.2) is 29.1 Å². The number of fused-ring (bicyclic) bond motifs is 2. The molecule has 0 radical (unpaired) electrons. The van der Waals surface area contributed by atoms with Crippen molar-refractivity contribution in [3.63, 3.8) is 0 Å². The number of nitrogen functional groups attached to an aromatic ring is 1. The lowest BCUT2D eigenvalue weighted by Crippen LogP contribution is -2.38. The van der Waals surface area contributed by atoms with Gasteiger partial charge in [-0.3, -0.25) is 13.6 Å². The first kappa shape index (κ1) is 17.2. The van der Waals surface area contributed by atoms with Gasteiger partial charge in [-0.2, -0.15) is 0 Å². The molecule has 3 N–H and O–H groups in total. The Morgan fingerprint density at radius 3 is 3.04 bits per heavy atom. The minimum atomic E-state index is -3.55. The molecule has 27 heavy (non-hydrogen) atoms. The van der Waals surface area contributed by atoms with Crippen LogP contribution in [0, 0.1) is 0 Å². The number of aliphatic hydroxyl groups is 1. The highest BCUT2D eigenvalue weighted by atomic mass is 32.7. The normalized spacial score (nSPS) is 33.4. The van der Waals surface area contributed by atoms with E-state index in [1.807, 2.05) is 0 Å². The number of nitrogens with zero attached hydrogens (tertiary/aromatic N) is 4. The predicted octanol–water partition coefficient (Wildman–Crippen LogP) is 1.38. The van der Waals surface area contributed by atoms with Crippen molar-refractivity contribution in [2.75, 3.05) is 12.3 Å². The summed E-state index contributed by atoms with van der Waals surface area (Å²) in [7, 11) is 0. The molecule has 0 saturated carbocycles. The molecule has 0 aromatic carbocycles. The van der Waals surface area contributed by atoms with Crippen molar-refractivity contribution in [2.24, 2.45) is 0 Å². The second kappa shape index (κ2) is 6.03. The Bertz CT molecular complexity index is 1060. The summed E-state index contributed by atoms with van der Waals surface area (Å²) in [6.07, 6.45) is -0.865. The third-order valence-electron chi connectivity index (χ3n) is 4.47. The maximum Gasteiger partial charge on any atom is 0.386 e. The molecule has 0 amide bonds. The van der Waals surface area contributed by atoms with Crippen molar-refractivity contribution < 1.29 is 27.9 Å². The van der Waals surface area contributed by atoms with Gasteiger partial charge in [-0.15, -0.1) is 0 Å². The molecule has 2 unspecified atom stereocenters. The Morgan fingerprint density at radius 2 is 2.26 bits per heavy atom. The molecular formula is C14H14N5O6PS. The van der Waals surface area contributed by atoms with Gasteiger partial charge in [-0.05, 0) is 12.1 Å². The molecular weight excluding hydrogens is 397 g/mol. The Morgan fingerprint density at radius 1 is 1.41 bits per heavy atom. The zero-order valence-corrected chi connectivity index (χ0v) is 15.4. The summed E-state index contributed by atoms with van der Waals surface area (Å²) in [5, 5.41) is 10.8. The molecule has 5 rings (SSSR count). The monoisotopic (exact) mass is 411 g/mol. The maximum atomic E-state index is 12.0. The Hall–Kier alpha value is -1.95. The second-order valence-electron chi connectivity index (χ2n) is 6.10. The number of aliphatic hydroxyl groups excluding tert-OH is 1. The summed E-state index contributed by atoms with van der Waals surface area (Å²) in [5.74, 6) is 0.950. The van der Waals surface area contributed by atoms with Crippen LogP contribution in [0.5, 0.6) is 0 Å². The van der Waals surface area contributed by atoms with Crippen LogP contribution in [-0.2, 0) is 18.3 Å². The van der Waals surface area contributed by atoms with E-state index >= 15 is 0 Å². The number of furan rings is 1. The van der Waals surface area contributed by atoms with Gasteiger partial charge in [0, 0.05) is 0 Å². The molecule has 11 nitrogen and oxygen atoms in total. The van der Waals surface area contributed by atoms with Crippen LogP contribution in [0.2, 0.25) is 0 Å². The minimum Gasteiger partial charge on any atom is -0.461 e. The fraction of sp³-hybridized carbons (Fsp3) is 0.357.